The van der Waals surface area contributed by atoms with Crippen LogP contribution in [0.4, 0.5) is 0 Å². The van der Waals surface area contributed by atoms with Gasteiger partial charge in [0.15, 0.2) is 17.5 Å². The van der Waals surface area contributed by atoms with Gasteiger partial charge in [-0.05, 0) is 79.9 Å². The van der Waals surface area contributed by atoms with Crippen LogP contribution in [0.3, 0.4) is 0 Å². The molecule has 5 heteroatoms. The minimum absolute atomic E-state index is 0.179. The monoisotopic (exact) mass is 1050 g/mol. The molecule has 3 heterocycles. The van der Waals surface area contributed by atoms with Gasteiger partial charge in [0.05, 0.1) is 16.7 Å². The van der Waals surface area contributed by atoms with E-state index in [0.29, 0.717) is 17.5 Å². The van der Waals surface area contributed by atoms with Crippen molar-refractivity contribution in [2.75, 3.05) is 0 Å². The molecule has 81 heavy (non-hydrogen) atoms. The summed E-state index contributed by atoms with van der Waals surface area (Å²) in [6.45, 7) is 0. The molecule has 0 amide bonds. The van der Waals surface area contributed by atoms with E-state index in [9.17, 15) is 0 Å². The van der Waals surface area contributed by atoms with Crippen LogP contribution in [0.25, 0.3) is 137 Å². The van der Waals surface area contributed by atoms with E-state index in [1.54, 1.807) is 0 Å². The summed E-state index contributed by atoms with van der Waals surface area (Å²) in [5.41, 5.74) is 21.7. The van der Waals surface area contributed by atoms with Crippen LogP contribution in [-0.4, -0.2) is 19.5 Å². The lowest BCUT2D eigenvalue weighted by atomic mass is 9.89. The topological polar surface area (TPSA) is 43.6 Å². The third kappa shape index (κ3) is 7.84. The molecule has 0 N–H and O–H groups in total. The standard InChI is InChI=1S/C76H48N4S/c1-6-20-48(21-7-1)50-34-38-55(39-35-50)74-77-75(56-40-36-51(37-41-56)49-22-8-2-9-23-49)79-76(78-74)57-46-64(52-24-10-3-11-25-52)71(65(47-57)53-26-12-4-13-27-53)80-66-33-19-18-32-62(66)70-67(80)45-44-61-60-42-43-63-68(54-28-14-5-15-29-54)58-30-16-17-31-59(58)69(63)72(60)81-73(61)70/h1-47,68H. The molecule has 0 bridgehead atoms. The van der Waals surface area contributed by atoms with Gasteiger partial charge in [-0.3, -0.25) is 0 Å². The summed E-state index contributed by atoms with van der Waals surface area (Å²) in [5, 5.41) is 5.05. The summed E-state index contributed by atoms with van der Waals surface area (Å²) in [6.07, 6.45) is 0. The van der Waals surface area contributed by atoms with E-state index in [0.717, 1.165) is 77.9 Å². The molecule has 1 aliphatic rings. The molecule has 0 saturated carbocycles. The minimum atomic E-state index is 0.179. The Morgan fingerprint density at radius 1 is 0.296 bits per heavy atom. The second-order valence-electron chi connectivity index (χ2n) is 21.0. The average Bonchev–Trinajstić information content (AvgIpc) is 3.12. The fourth-order valence-electron chi connectivity index (χ4n) is 12.6. The Morgan fingerprint density at radius 3 is 1.32 bits per heavy atom. The van der Waals surface area contributed by atoms with Crippen molar-refractivity contribution >= 4 is 53.3 Å². The summed E-state index contributed by atoms with van der Waals surface area (Å²) in [6, 6.07) is 103. The largest absolute Gasteiger partial charge is 0.308 e. The van der Waals surface area contributed by atoms with E-state index < -0.39 is 0 Å². The number of benzene rings is 12. The zero-order valence-corrected chi connectivity index (χ0v) is 44.7. The zero-order chi connectivity index (χ0) is 53.4. The minimum Gasteiger partial charge on any atom is -0.308 e. The number of thiophene rings is 1. The number of hydrogen-bond donors (Lipinski definition) is 0. The molecule has 15 aromatic rings. The highest BCUT2D eigenvalue weighted by Gasteiger charge is 2.33. The first-order valence-corrected chi connectivity index (χ1v) is 28.4. The Bertz CT molecular complexity index is 4720. The van der Waals surface area contributed by atoms with Crippen LogP contribution >= 0.6 is 11.3 Å². The molecular weight excluding hydrogens is 1000 g/mol. The van der Waals surface area contributed by atoms with Gasteiger partial charge >= 0.3 is 0 Å². The number of hydrogen-bond acceptors (Lipinski definition) is 4. The van der Waals surface area contributed by atoms with Crippen molar-refractivity contribution in [1.82, 2.24) is 19.5 Å². The second kappa shape index (κ2) is 19.2. The lowest BCUT2D eigenvalue weighted by molar-refractivity contribution is 1.02. The predicted octanol–water partition coefficient (Wildman–Crippen LogP) is 20.2. The van der Waals surface area contributed by atoms with Gasteiger partial charge < -0.3 is 4.57 Å². The van der Waals surface area contributed by atoms with Crippen molar-refractivity contribution in [1.29, 1.82) is 0 Å². The maximum atomic E-state index is 5.42. The van der Waals surface area contributed by atoms with Gasteiger partial charge in [0.1, 0.15) is 0 Å². The first kappa shape index (κ1) is 46.7. The fourth-order valence-corrected chi connectivity index (χ4v) is 14.0. The SMILES string of the molecule is c1ccc(-c2ccc(-c3nc(-c4ccc(-c5ccccc5)cc4)nc(-c4cc(-c5ccccc5)c(-n5c6ccccc6c6c7sc8c9c(ccc8c7ccc65)C(c5ccccc5)c5ccccc5-9)c(-c5ccccc5)c4)n3)cc2)cc1. The van der Waals surface area contributed by atoms with Crippen LogP contribution < -0.4 is 0 Å². The van der Waals surface area contributed by atoms with E-state index in [2.05, 4.69) is 278 Å². The number of fused-ring (bicyclic) bond motifs is 11. The number of aromatic nitrogens is 4. The highest BCUT2D eigenvalue weighted by molar-refractivity contribution is 7.27. The van der Waals surface area contributed by atoms with Crippen molar-refractivity contribution < 1.29 is 0 Å². The Hall–Kier alpha value is -10.3. The molecule has 1 aliphatic carbocycles. The van der Waals surface area contributed by atoms with Crippen LogP contribution in [0.15, 0.2) is 285 Å². The Balaban J connectivity index is 0.934. The molecule has 378 valence electrons. The molecule has 12 aromatic carbocycles. The van der Waals surface area contributed by atoms with Crippen molar-refractivity contribution in [3.8, 4) is 95.5 Å². The molecule has 0 saturated heterocycles. The van der Waals surface area contributed by atoms with E-state index in [4.69, 9.17) is 15.0 Å². The van der Waals surface area contributed by atoms with Gasteiger partial charge in [-0.1, -0.05) is 261 Å². The van der Waals surface area contributed by atoms with Crippen molar-refractivity contribution in [2.24, 2.45) is 0 Å². The highest BCUT2D eigenvalue weighted by Crippen LogP contribution is 2.55. The van der Waals surface area contributed by atoms with Gasteiger partial charge in [-0.2, -0.15) is 0 Å². The average molecular weight is 1050 g/mol. The molecule has 0 spiro atoms. The van der Waals surface area contributed by atoms with E-state index in [1.165, 1.54) is 58.8 Å². The van der Waals surface area contributed by atoms with E-state index >= 15 is 0 Å². The normalized spacial score (nSPS) is 12.8. The fraction of sp³-hybridized carbons (Fsp3) is 0.0132. The third-order valence-corrected chi connectivity index (χ3v) is 17.6. The van der Waals surface area contributed by atoms with Crippen molar-refractivity contribution in [3.63, 3.8) is 0 Å². The molecule has 0 radical (unpaired) electrons. The maximum absolute atomic E-state index is 5.42. The molecule has 1 unspecified atom stereocenters. The number of rotatable bonds is 9. The molecule has 0 aliphatic heterocycles. The highest BCUT2D eigenvalue weighted by atomic mass is 32.1. The van der Waals surface area contributed by atoms with Gasteiger partial charge in [0.2, 0.25) is 0 Å². The summed E-state index contributed by atoms with van der Waals surface area (Å²) in [4.78, 5) is 16.1. The van der Waals surface area contributed by atoms with Gasteiger partial charge in [-0.25, -0.2) is 15.0 Å². The number of nitrogens with zero attached hydrogens (tertiary/aromatic N) is 4. The van der Waals surface area contributed by atoms with E-state index in [-0.39, 0.29) is 5.92 Å². The van der Waals surface area contributed by atoms with Crippen molar-refractivity contribution in [3.05, 3.63) is 302 Å². The van der Waals surface area contributed by atoms with Gasteiger partial charge in [-0.15, -0.1) is 11.3 Å². The molecule has 4 nitrogen and oxygen atoms in total. The van der Waals surface area contributed by atoms with Crippen LogP contribution in [0, 0.1) is 0 Å². The maximum Gasteiger partial charge on any atom is 0.164 e. The quantitative estimate of drug-likeness (QED) is 0.145. The van der Waals surface area contributed by atoms with Crippen LogP contribution in [0.1, 0.15) is 22.6 Å². The van der Waals surface area contributed by atoms with Crippen molar-refractivity contribution in [2.45, 2.75) is 5.92 Å². The molecule has 1 atom stereocenters. The second-order valence-corrected chi connectivity index (χ2v) is 22.0. The van der Waals surface area contributed by atoms with Crippen LogP contribution in [-0.2, 0) is 0 Å². The number of para-hydroxylation sites is 1. The summed E-state index contributed by atoms with van der Waals surface area (Å²) in [7, 11) is 0. The molecular formula is C76H48N4S. The Morgan fingerprint density at radius 2 is 0.741 bits per heavy atom. The Kier molecular flexibility index (Phi) is 11.1. The smallest absolute Gasteiger partial charge is 0.164 e. The zero-order valence-electron chi connectivity index (χ0n) is 43.9. The lowest BCUT2D eigenvalue weighted by Gasteiger charge is -2.21. The Labute approximate surface area is 473 Å². The predicted molar refractivity (Wildman–Crippen MR) is 338 cm³/mol. The van der Waals surface area contributed by atoms with Crippen LogP contribution in [0.2, 0.25) is 0 Å². The third-order valence-electron chi connectivity index (χ3n) is 16.4. The molecule has 0 fully saturated rings. The summed E-state index contributed by atoms with van der Waals surface area (Å²) >= 11 is 1.94. The van der Waals surface area contributed by atoms with E-state index in [1.807, 2.05) is 23.5 Å². The summed E-state index contributed by atoms with van der Waals surface area (Å²) < 4.78 is 5.16. The lowest BCUT2D eigenvalue weighted by Crippen LogP contribution is -2.04. The van der Waals surface area contributed by atoms with Gasteiger partial charge in [0.25, 0.3) is 0 Å². The molecule has 16 rings (SSSR count). The molecule has 3 aromatic heterocycles. The van der Waals surface area contributed by atoms with Crippen LogP contribution in [0.5, 0.6) is 0 Å². The first-order chi connectivity index (χ1) is 40.2. The van der Waals surface area contributed by atoms with Gasteiger partial charge in [0, 0.05) is 70.2 Å². The summed E-state index contributed by atoms with van der Waals surface area (Å²) in [5.74, 6) is 1.98. The first-order valence-electron chi connectivity index (χ1n) is 27.6.